The van der Waals surface area contributed by atoms with E-state index in [1.807, 2.05) is 18.2 Å². The van der Waals surface area contributed by atoms with Crippen LogP contribution < -0.4 is 4.74 Å². The molecule has 17 heavy (non-hydrogen) atoms. The Morgan fingerprint density at radius 3 is 2.94 bits per heavy atom. The van der Waals surface area contributed by atoms with E-state index in [-0.39, 0.29) is 0 Å². The van der Waals surface area contributed by atoms with Crippen molar-refractivity contribution >= 4 is 28.0 Å². The zero-order valence-corrected chi connectivity index (χ0v) is 10.8. The summed E-state index contributed by atoms with van der Waals surface area (Å²) in [6, 6.07) is 5.58. The van der Waals surface area contributed by atoms with Gasteiger partial charge in [-0.1, -0.05) is 15.9 Å². The van der Waals surface area contributed by atoms with Gasteiger partial charge in [0.05, 0.1) is 6.61 Å². The summed E-state index contributed by atoms with van der Waals surface area (Å²) >= 11 is 3.37. The van der Waals surface area contributed by atoms with Crippen LogP contribution in [0.25, 0.3) is 6.08 Å². The quantitative estimate of drug-likeness (QED) is 0.848. The first kappa shape index (κ1) is 12.2. The molecule has 1 saturated carbocycles. The third-order valence-corrected chi connectivity index (χ3v) is 3.28. The number of hydrogen-bond acceptors (Lipinski definition) is 2. The molecule has 90 valence electrons. The van der Waals surface area contributed by atoms with Crippen LogP contribution in [0.3, 0.4) is 0 Å². The summed E-state index contributed by atoms with van der Waals surface area (Å²) in [6.45, 7) is 0.754. The Morgan fingerprint density at radius 1 is 1.53 bits per heavy atom. The molecule has 3 nitrogen and oxygen atoms in total. The molecule has 0 aromatic heterocycles. The molecule has 1 aromatic rings. The average molecular weight is 297 g/mol. The van der Waals surface area contributed by atoms with Gasteiger partial charge in [0.15, 0.2) is 0 Å². The molecule has 0 unspecified atom stereocenters. The summed E-state index contributed by atoms with van der Waals surface area (Å²) in [5, 5.41) is 8.59. The summed E-state index contributed by atoms with van der Waals surface area (Å²) in [5.41, 5.74) is 0.806. The van der Waals surface area contributed by atoms with E-state index in [9.17, 15) is 4.79 Å². The summed E-state index contributed by atoms with van der Waals surface area (Å²) < 4.78 is 6.49. The van der Waals surface area contributed by atoms with E-state index in [0.29, 0.717) is 5.92 Å². The van der Waals surface area contributed by atoms with E-state index in [1.54, 1.807) is 6.08 Å². The van der Waals surface area contributed by atoms with Gasteiger partial charge in [0.25, 0.3) is 0 Å². The Kier molecular flexibility index (Phi) is 3.84. The molecule has 2 rings (SSSR count). The van der Waals surface area contributed by atoms with Crippen LogP contribution in [-0.4, -0.2) is 17.7 Å². The number of rotatable bonds is 5. The molecule has 1 aliphatic carbocycles. The fourth-order valence-electron chi connectivity index (χ4n) is 1.40. The normalized spacial score (nSPS) is 15.1. The van der Waals surface area contributed by atoms with Gasteiger partial charge in [-0.05, 0) is 48.6 Å². The maximum Gasteiger partial charge on any atom is 0.328 e. The zero-order valence-electron chi connectivity index (χ0n) is 9.23. The molecule has 1 aliphatic rings. The molecule has 1 fully saturated rings. The molecular weight excluding hydrogens is 284 g/mol. The lowest BCUT2D eigenvalue weighted by Gasteiger charge is -2.07. The molecule has 1 N–H and O–H groups in total. The minimum Gasteiger partial charge on any atom is -0.493 e. The molecule has 4 heteroatoms. The van der Waals surface area contributed by atoms with Gasteiger partial charge in [0.2, 0.25) is 0 Å². The van der Waals surface area contributed by atoms with E-state index >= 15 is 0 Å². The number of carboxylic acids is 1. The van der Waals surface area contributed by atoms with Crippen molar-refractivity contribution in [2.24, 2.45) is 5.92 Å². The van der Waals surface area contributed by atoms with Crippen molar-refractivity contribution in [3.63, 3.8) is 0 Å². The minimum atomic E-state index is -0.957. The second kappa shape index (κ2) is 5.36. The van der Waals surface area contributed by atoms with Gasteiger partial charge in [0, 0.05) is 10.5 Å². The fourth-order valence-corrected chi connectivity index (χ4v) is 1.78. The molecule has 0 amide bonds. The van der Waals surface area contributed by atoms with Gasteiger partial charge in [-0.15, -0.1) is 0 Å². The standard InChI is InChI=1S/C13H13BrO3/c14-12-5-4-11(17-8-9-1-2-9)7-10(12)3-6-13(15)16/h3-7,9H,1-2,8H2,(H,15,16)/b6-3+. The molecule has 0 atom stereocenters. The Balaban J connectivity index is 2.07. The highest BCUT2D eigenvalue weighted by Crippen LogP contribution is 2.30. The summed E-state index contributed by atoms with van der Waals surface area (Å²) in [6.07, 6.45) is 5.17. The van der Waals surface area contributed by atoms with Crippen LogP contribution in [-0.2, 0) is 4.79 Å². The van der Waals surface area contributed by atoms with Crippen molar-refractivity contribution in [2.75, 3.05) is 6.61 Å². The lowest BCUT2D eigenvalue weighted by Crippen LogP contribution is -1.99. The van der Waals surface area contributed by atoms with E-state index in [4.69, 9.17) is 9.84 Å². The summed E-state index contributed by atoms with van der Waals surface area (Å²) in [7, 11) is 0. The maximum atomic E-state index is 10.5. The number of ether oxygens (including phenoxy) is 1. The molecule has 0 heterocycles. The third kappa shape index (κ3) is 3.89. The van der Waals surface area contributed by atoms with Crippen LogP contribution in [0.4, 0.5) is 0 Å². The smallest absolute Gasteiger partial charge is 0.328 e. The Hall–Kier alpha value is -1.29. The van der Waals surface area contributed by atoms with Gasteiger partial charge < -0.3 is 9.84 Å². The third-order valence-electron chi connectivity index (χ3n) is 2.56. The van der Waals surface area contributed by atoms with Crippen LogP contribution in [0.2, 0.25) is 0 Å². The molecular formula is C13H13BrO3. The first-order valence-corrected chi connectivity index (χ1v) is 6.28. The Bertz CT molecular complexity index is 450. The Morgan fingerprint density at radius 2 is 2.29 bits per heavy atom. The summed E-state index contributed by atoms with van der Waals surface area (Å²) in [4.78, 5) is 10.5. The largest absolute Gasteiger partial charge is 0.493 e. The second-order valence-electron chi connectivity index (χ2n) is 4.11. The zero-order chi connectivity index (χ0) is 12.3. The van der Waals surface area contributed by atoms with Gasteiger partial charge in [-0.25, -0.2) is 4.79 Å². The van der Waals surface area contributed by atoms with Crippen molar-refractivity contribution < 1.29 is 14.6 Å². The SMILES string of the molecule is O=C(O)/C=C/c1cc(OCC2CC2)ccc1Br. The van der Waals surface area contributed by atoms with Gasteiger partial charge in [-0.2, -0.15) is 0 Å². The van der Waals surface area contributed by atoms with Gasteiger partial charge in [-0.3, -0.25) is 0 Å². The van der Waals surface area contributed by atoms with Gasteiger partial charge in [0.1, 0.15) is 5.75 Å². The Labute approximate surface area is 108 Å². The predicted molar refractivity (Wildman–Crippen MR) is 69.0 cm³/mol. The van der Waals surface area contributed by atoms with E-state index in [2.05, 4.69) is 15.9 Å². The summed E-state index contributed by atoms with van der Waals surface area (Å²) in [5.74, 6) is 0.531. The van der Waals surface area contributed by atoms with Crippen molar-refractivity contribution in [1.82, 2.24) is 0 Å². The highest BCUT2D eigenvalue weighted by atomic mass is 79.9. The minimum absolute atomic E-state index is 0.705. The number of aliphatic carboxylic acids is 1. The van der Waals surface area contributed by atoms with Crippen LogP contribution in [0.1, 0.15) is 18.4 Å². The lowest BCUT2D eigenvalue weighted by molar-refractivity contribution is -0.131. The van der Waals surface area contributed by atoms with E-state index in [0.717, 1.165) is 28.5 Å². The highest BCUT2D eigenvalue weighted by Gasteiger charge is 2.21. The van der Waals surface area contributed by atoms with Crippen molar-refractivity contribution in [3.8, 4) is 5.75 Å². The monoisotopic (exact) mass is 296 g/mol. The predicted octanol–water partition coefficient (Wildman–Crippen LogP) is 3.34. The number of benzene rings is 1. The van der Waals surface area contributed by atoms with Crippen LogP contribution in [0, 0.1) is 5.92 Å². The molecule has 0 spiro atoms. The maximum absolute atomic E-state index is 10.5. The second-order valence-corrected chi connectivity index (χ2v) is 4.96. The first-order valence-electron chi connectivity index (χ1n) is 5.48. The molecule has 0 radical (unpaired) electrons. The van der Waals surface area contributed by atoms with Crippen LogP contribution in [0.5, 0.6) is 5.75 Å². The van der Waals surface area contributed by atoms with Crippen molar-refractivity contribution in [1.29, 1.82) is 0 Å². The number of carbonyl (C=O) groups is 1. The lowest BCUT2D eigenvalue weighted by atomic mass is 10.2. The first-order chi connectivity index (χ1) is 8.15. The molecule has 0 aliphatic heterocycles. The number of carboxylic acid groups (broad SMARTS) is 1. The van der Waals surface area contributed by atoms with E-state index < -0.39 is 5.97 Å². The van der Waals surface area contributed by atoms with Gasteiger partial charge >= 0.3 is 5.97 Å². The average Bonchev–Trinajstić information content (AvgIpc) is 3.10. The topological polar surface area (TPSA) is 46.5 Å². The fraction of sp³-hybridized carbons (Fsp3) is 0.308. The number of halogens is 1. The molecule has 0 bridgehead atoms. The number of hydrogen-bond donors (Lipinski definition) is 1. The molecule has 1 aromatic carbocycles. The van der Waals surface area contributed by atoms with Crippen LogP contribution in [0.15, 0.2) is 28.7 Å². The van der Waals surface area contributed by atoms with Crippen molar-refractivity contribution in [2.45, 2.75) is 12.8 Å². The van der Waals surface area contributed by atoms with E-state index in [1.165, 1.54) is 12.8 Å². The van der Waals surface area contributed by atoms with Crippen LogP contribution >= 0.6 is 15.9 Å². The highest BCUT2D eigenvalue weighted by molar-refractivity contribution is 9.10. The molecule has 0 saturated heterocycles. The van der Waals surface area contributed by atoms with Crippen molar-refractivity contribution in [3.05, 3.63) is 34.3 Å².